The van der Waals surface area contributed by atoms with Gasteiger partial charge in [0.1, 0.15) is 12.4 Å². The summed E-state index contributed by atoms with van der Waals surface area (Å²) in [6, 6.07) is 13.9. The smallest absolute Gasteiger partial charge is 0.410 e. The first-order chi connectivity index (χ1) is 12.6. The van der Waals surface area contributed by atoms with Crippen LogP contribution < -0.4 is 0 Å². The maximum atomic E-state index is 13.5. The maximum Gasteiger partial charge on any atom is 0.410 e. The van der Waals surface area contributed by atoms with Crippen LogP contribution in [0.3, 0.4) is 0 Å². The van der Waals surface area contributed by atoms with Crippen LogP contribution in [0, 0.1) is 11.2 Å². The van der Waals surface area contributed by atoms with Crippen LogP contribution in [0.4, 0.5) is 9.18 Å². The number of piperidine rings is 1. The van der Waals surface area contributed by atoms with E-state index < -0.39 is 5.41 Å². The number of ether oxygens (including phenoxy) is 1. The van der Waals surface area contributed by atoms with E-state index in [9.17, 15) is 14.0 Å². The number of halogens is 1. The van der Waals surface area contributed by atoms with Crippen molar-refractivity contribution in [1.82, 2.24) is 4.90 Å². The van der Waals surface area contributed by atoms with Gasteiger partial charge in [0.2, 0.25) is 0 Å². The largest absolute Gasteiger partial charge is 0.445 e. The number of Topliss-reactive ketones (excluding diaryl/α,β-unsaturated/α-hetero) is 1. The molecule has 0 atom stereocenters. The Hall–Kier alpha value is -2.69. The predicted molar refractivity (Wildman–Crippen MR) is 94.3 cm³/mol. The molecule has 0 radical (unpaired) electrons. The Bertz CT molecular complexity index is 842. The molecule has 0 saturated carbocycles. The number of benzene rings is 2. The van der Waals surface area contributed by atoms with Crippen LogP contribution in [0.15, 0.2) is 48.5 Å². The van der Waals surface area contributed by atoms with E-state index in [0.717, 1.165) is 11.1 Å². The van der Waals surface area contributed by atoms with Crippen molar-refractivity contribution in [2.75, 3.05) is 13.1 Å². The summed E-state index contributed by atoms with van der Waals surface area (Å²) >= 11 is 0. The number of carbonyl (C=O) groups excluding carboxylic acids is 2. The van der Waals surface area contributed by atoms with Crippen LogP contribution in [-0.4, -0.2) is 29.9 Å². The molecule has 2 aromatic carbocycles. The summed E-state index contributed by atoms with van der Waals surface area (Å²) in [5.74, 6) is -0.222. The number of amides is 1. The molecule has 0 aromatic heterocycles. The summed E-state index contributed by atoms with van der Waals surface area (Å²) < 4.78 is 18.8. The van der Waals surface area contributed by atoms with Crippen LogP contribution in [0.1, 0.15) is 34.3 Å². The lowest BCUT2D eigenvalue weighted by Crippen LogP contribution is -2.45. The van der Waals surface area contributed by atoms with Crippen LogP contribution in [0.2, 0.25) is 0 Å². The Morgan fingerprint density at radius 2 is 1.85 bits per heavy atom. The molecule has 0 bridgehead atoms. The molecule has 1 aliphatic heterocycles. The molecule has 2 aliphatic rings. The number of hydrogen-bond acceptors (Lipinski definition) is 3. The molecule has 0 N–H and O–H groups in total. The minimum absolute atomic E-state index is 0.0878. The zero-order valence-corrected chi connectivity index (χ0v) is 14.4. The number of rotatable bonds is 2. The van der Waals surface area contributed by atoms with Gasteiger partial charge in [0.15, 0.2) is 5.78 Å². The SMILES string of the molecule is O=C(OCc1ccccc1)N1CCC2(CC1)Cc1cc(F)ccc1C2=O. The van der Waals surface area contributed by atoms with E-state index >= 15 is 0 Å². The second kappa shape index (κ2) is 6.56. The minimum Gasteiger partial charge on any atom is -0.445 e. The van der Waals surface area contributed by atoms with Crippen molar-refractivity contribution in [3.63, 3.8) is 0 Å². The first-order valence-electron chi connectivity index (χ1n) is 8.86. The van der Waals surface area contributed by atoms with Gasteiger partial charge in [-0.3, -0.25) is 4.79 Å². The van der Waals surface area contributed by atoms with Gasteiger partial charge in [0.05, 0.1) is 0 Å². The third-order valence-corrected chi connectivity index (χ3v) is 5.51. The molecule has 1 aliphatic carbocycles. The summed E-state index contributed by atoms with van der Waals surface area (Å²) in [5.41, 5.74) is 1.87. The summed E-state index contributed by atoms with van der Waals surface area (Å²) in [5, 5.41) is 0. The predicted octanol–water partition coefficient (Wildman–Crippen LogP) is 3.98. The Morgan fingerprint density at radius 1 is 1.12 bits per heavy atom. The molecule has 1 heterocycles. The fourth-order valence-corrected chi connectivity index (χ4v) is 3.99. The molecule has 0 unspecified atom stereocenters. The third-order valence-electron chi connectivity index (χ3n) is 5.51. The molecule has 1 saturated heterocycles. The van der Waals surface area contributed by atoms with Crippen molar-refractivity contribution in [2.45, 2.75) is 25.9 Å². The molecule has 5 heteroatoms. The van der Waals surface area contributed by atoms with Gasteiger partial charge >= 0.3 is 6.09 Å². The topological polar surface area (TPSA) is 46.6 Å². The van der Waals surface area contributed by atoms with Crippen molar-refractivity contribution in [1.29, 1.82) is 0 Å². The number of fused-ring (bicyclic) bond motifs is 1. The first kappa shape index (κ1) is 16.8. The van der Waals surface area contributed by atoms with Crippen LogP contribution in [-0.2, 0) is 17.8 Å². The highest BCUT2D eigenvalue weighted by atomic mass is 19.1. The van der Waals surface area contributed by atoms with E-state index in [1.165, 1.54) is 12.1 Å². The van der Waals surface area contributed by atoms with Crippen LogP contribution in [0.5, 0.6) is 0 Å². The highest BCUT2D eigenvalue weighted by Gasteiger charge is 2.47. The lowest BCUT2D eigenvalue weighted by atomic mass is 9.75. The monoisotopic (exact) mass is 353 g/mol. The van der Waals surface area contributed by atoms with Gasteiger partial charge in [-0.25, -0.2) is 9.18 Å². The van der Waals surface area contributed by atoms with Gasteiger partial charge in [-0.05, 0) is 48.6 Å². The lowest BCUT2D eigenvalue weighted by molar-refractivity contribution is 0.0521. The van der Waals surface area contributed by atoms with Crippen LogP contribution >= 0.6 is 0 Å². The zero-order valence-electron chi connectivity index (χ0n) is 14.4. The molecular weight excluding hydrogens is 333 g/mol. The van der Waals surface area contributed by atoms with Crippen molar-refractivity contribution in [2.24, 2.45) is 5.41 Å². The number of nitrogens with zero attached hydrogens (tertiary/aromatic N) is 1. The summed E-state index contributed by atoms with van der Waals surface area (Å²) in [6.45, 7) is 1.20. The fourth-order valence-electron chi connectivity index (χ4n) is 3.99. The zero-order chi connectivity index (χ0) is 18.1. The molecule has 26 heavy (non-hydrogen) atoms. The molecule has 4 nitrogen and oxygen atoms in total. The van der Waals surface area contributed by atoms with Gasteiger partial charge < -0.3 is 9.64 Å². The second-order valence-electron chi connectivity index (χ2n) is 7.11. The van der Waals surface area contributed by atoms with Gasteiger partial charge in [-0.15, -0.1) is 0 Å². The van der Waals surface area contributed by atoms with E-state index in [1.807, 2.05) is 30.3 Å². The van der Waals surface area contributed by atoms with Crippen molar-refractivity contribution >= 4 is 11.9 Å². The van der Waals surface area contributed by atoms with E-state index in [1.54, 1.807) is 11.0 Å². The van der Waals surface area contributed by atoms with E-state index in [2.05, 4.69) is 0 Å². The molecule has 2 aromatic rings. The fraction of sp³-hybridized carbons (Fsp3) is 0.333. The molecular formula is C21H20FNO3. The Morgan fingerprint density at radius 3 is 2.58 bits per heavy atom. The van der Waals surface area contributed by atoms with Crippen molar-refractivity contribution < 1.29 is 18.7 Å². The highest BCUT2D eigenvalue weighted by Crippen LogP contribution is 2.44. The number of ketones is 1. The Labute approximate surface area is 151 Å². The Kier molecular flexibility index (Phi) is 4.23. The summed E-state index contributed by atoms with van der Waals surface area (Å²) in [6.07, 6.45) is 1.38. The van der Waals surface area contributed by atoms with Gasteiger partial charge in [0, 0.05) is 24.1 Å². The summed E-state index contributed by atoms with van der Waals surface area (Å²) in [7, 11) is 0. The third kappa shape index (κ3) is 2.98. The molecule has 1 amide bonds. The molecule has 134 valence electrons. The quantitative estimate of drug-likeness (QED) is 0.820. The average molecular weight is 353 g/mol. The van der Waals surface area contributed by atoms with Gasteiger partial charge in [-0.1, -0.05) is 30.3 Å². The molecule has 1 fully saturated rings. The molecule has 4 rings (SSSR count). The summed E-state index contributed by atoms with van der Waals surface area (Å²) in [4.78, 5) is 26.8. The molecule has 1 spiro atoms. The normalized spacial score (nSPS) is 18.0. The standard InChI is InChI=1S/C21H20FNO3/c22-17-6-7-18-16(12-17)13-21(19(18)24)8-10-23(11-9-21)20(25)26-14-15-4-2-1-3-5-15/h1-7,12H,8-11,13-14H2. The van der Waals surface area contributed by atoms with Crippen LogP contribution in [0.25, 0.3) is 0 Å². The average Bonchev–Trinajstić information content (AvgIpc) is 2.92. The van der Waals surface area contributed by atoms with Gasteiger partial charge in [-0.2, -0.15) is 0 Å². The van der Waals surface area contributed by atoms with E-state index in [0.29, 0.717) is 37.9 Å². The first-order valence-corrected chi connectivity index (χ1v) is 8.86. The number of likely N-dealkylation sites (tertiary alicyclic amines) is 1. The number of hydrogen-bond donors (Lipinski definition) is 0. The van der Waals surface area contributed by atoms with E-state index in [-0.39, 0.29) is 24.3 Å². The highest BCUT2D eigenvalue weighted by molar-refractivity contribution is 6.05. The van der Waals surface area contributed by atoms with E-state index in [4.69, 9.17) is 4.74 Å². The van der Waals surface area contributed by atoms with Crippen molar-refractivity contribution in [3.05, 3.63) is 71.0 Å². The lowest BCUT2D eigenvalue weighted by Gasteiger charge is -2.37. The minimum atomic E-state index is -0.494. The van der Waals surface area contributed by atoms with Gasteiger partial charge in [0.25, 0.3) is 0 Å². The number of carbonyl (C=O) groups is 2. The Balaban J connectivity index is 1.37. The second-order valence-corrected chi connectivity index (χ2v) is 7.11. The van der Waals surface area contributed by atoms with Crippen molar-refractivity contribution in [3.8, 4) is 0 Å². The maximum absolute atomic E-state index is 13.5.